The number of hydrogen-bond donors (Lipinski definition) is 0. The number of aromatic nitrogens is 7. The molecule has 5 aliphatic rings. The van der Waals surface area contributed by atoms with Crippen LogP contribution in [0.2, 0.25) is 39.3 Å². The Morgan fingerprint density at radius 3 is 1.52 bits per heavy atom. The van der Waals surface area contributed by atoms with Gasteiger partial charge in [0, 0.05) is 70.0 Å². The molecule has 18 rings (SSSR count). The summed E-state index contributed by atoms with van der Waals surface area (Å²) in [6.07, 6.45) is 5.96. The lowest BCUT2D eigenvalue weighted by Crippen LogP contribution is -2.47. The van der Waals surface area contributed by atoms with Crippen molar-refractivity contribution in [1.82, 2.24) is 23.8 Å². The lowest BCUT2D eigenvalue weighted by Gasteiger charge is -2.41. The molecule has 10 heteroatoms. The van der Waals surface area contributed by atoms with Crippen molar-refractivity contribution in [3.8, 4) is 11.3 Å². The third-order valence-corrected chi connectivity index (χ3v) is 29.3. The highest BCUT2D eigenvalue weighted by atomic mass is 28.4. The second-order valence-electron chi connectivity index (χ2n) is 30.1. The molecule has 0 saturated heterocycles. The molecule has 0 saturated carbocycles. The molecule has 0 radical (unpaired) electrons. The number of rotatable bonds is 5. The predicted octanol–water partition coefficient (Wildman–Crippen LogP) is 17.9. The smallest absolute Gasteiger partial charge is 0.255 e. The normalized spacial score (nSPS) is 15.8. The molecular formula is C77H79N8Si2+3. The molecule has 1 aliphatic carbocycles. The summed E-state index contributed by atoms with van der Waals surface area (Å²) in [6, 6.07) is 53.3. The van der Waals surface area contributed by atoms with E-state index in [0.717, 1.165) is 47.1 Å². The summed E-state index contributed by atoms with van der Waals surface area (Å²) in [6.45, 7) is 36.3. The fourth-order valence-corrected chi connectivity index (χ4v) is 30.9. The van der Waals surface area contributed by atoms with Gasteiger partial charge in [-0.25, -0.2) is 9.13 Å². The number of imidazole rings is 2. The van der Waals surface area contributed by atoms with Crippen molar-refractivity contribution in [2.75, 3.05) is 0 Å². The number of fused-ring (bicyclic) bond motifs is 18. The van der Waals surface area contributed by atoms with E-state index in [1.54, 1.807) is 5.56 Å². The van der Waals surface area contributed by atoms with Gasteiger partial charge in [-0.05, 0) is 105 Å². The van der Waals surface area contributed by atoms with Crippen LogP contribution in [0.3, 0.4) is 0 Å². The molecule has 11 heterocycles. The number of pyridine rings is 5. The highest BCUT2D eigenvalue weighted by Crippen LogP contribution is 2.56. The van der Waals surface area contributed by atoms with E-state index >= 15 is 0 Å². The molecule has 7 aromatic heterocycles. The van der Waals surface area contributed by atoms with Crippen LogP contribution in [0.15, 0.2) is 164 Å². The maximum Gasteiger partial charge on any atom is 0.298 e. The molecule has 0 fully saturated rings. The zero-order valence-electron chi connectivity index (χ0n) is 54.0. The zero-order valence-corrected chi connectivity index (χ0v) is 55.0. The Labute approximate surface area is 514 Å². The first-order valence-electron chi connectivity index (χ1n) is 32.1. The SMILES string of the molecule is CC(C)(C)C(c1cccc2c1c1nccc3c1c1n2c2ccccc2[n+]1C3)C(C)(C)C.C[Si](C)(C)C(c1cccc2c1-c1nccc3c1C1=[N+](C3)c3ccccc3C12)[Si](C)(C)C.[2H]C(C)(C)c1cccc2c1c1nccc3c1c1n2c2ccccc2[n+]1C3. The van der Waals surface area contributed by atoms with Crippen LogP contribution in [-0.2, 0) is 19.6 Å². The van der Waals surface area contributed by atoms with E-state index in [2.05, 4.69) is 249 Å². The van der Waals surface area contributed by atoms with Gasteiger partial charge in [0.2, 0.25) is 11.4 Å². The third kappa shape index (κ3) is 7.71. The van der Waals surface area contributed by atoms with Gasteiger partial charge in [-0.15, -0.1) is 0 Å². The first kappa shape index (κ1) is 53.1. The molecule has 87 heavy (non-hydrogen) atoms. The van der Waals surface area contributed by atoms with Gasteiger partial charge in [0.25, 0.3) is 11.3 Å². The van der Waals surface area contributed by atoms with Crippen LogP contribution in [-0.4, -0.2) is 50.2 Å². The number of para-hydroxylation sites is 5. The monoisotopic (exact) mass is 1170 g/mol. The van der Waals surface area contributed by atoms with E-state index in [0.29, 0.717) is 17.0 Å². The number of nitrogens with zero attached hydrogens (tertiary/aromatic N) is 8. The minimum atomic E-state index is -1.44. The van der Waals surface area contributed by atoms with Crippen LogP contribution in [0.5, 0.6) is 0 Å². The van der Waals surface area contributed by atoms with E-state index in [-0.39, 0.29) is 10.8 Å². The lowest BCUT2D eigenvalue weighted by atomic mass is 9.63. The van der Waals surface area contributed by atoms with Gasteiger partial charge in [-0.1, -0.05) is 180 Å². The summed E-state index contributed by atoms with van der Waals surface area (Å²) in [7, 11) is -2.87. The Hall–Kier alpha value is -8.19. The van der Waals surface area contributed by atoms with Gasteiger partial charge in [0.05, 0.1) is 43.8 Å². The average molecular weight is 1170 g/mol. The number of hydrogen-bond acceptors (Lipinski definition) is 3. The van der Waals surface area contributed by atoms with Gasteiger partial charge < -0.3 is 0 Å². The first-order valence-corrected chi connectivity index (χ1v) is 38.7. The van der Waals surface area contributed by atoms with Crippen molar-refractivity contribution >= 4 is 105 Å². The minimum absolute atomic E-state index is 0.129. The standard InChI is InChI=1S/C28H30N3.C27H31N2Si2.C22H18N3/c1-27(2,3)25(28(4,5)6)18-10-9-13-21-23(18)24-22-17(14-15-29-24)16-30-19-11-7-8-12-20(19)31(21)26(22)30;1-30(2,3)27(31(4,5)6)20-12-9-11-19-23(20)25-22-17(14-15-28-25)16-29-21-13-8-7-10-18(21)24(19)26(22)29;1-13(2)15-6-5-9-18-20(15)21-19-14(10-11-23-21)12-24-16-7-3-4-8-17(16)25(18)22(19)24/h7-15,25H,16H2,1-6H3;7-15,24,27H,16H2,1-6H3;3-11,13H,12H2,1-2H3/q3*+1/i;;13D. The molecule has 432 valence electrons. The van der Waals surface area contributed by atoms with Crippen LogP contribution < -0.4 is 9.13 Å². The largest absolute Gasteiger partial charge is 0.298 e. The van der Waals surface area contributed by atoms with E-state index in [1.165, 1.54) is 117 Å². The Morgan fingerprint density at radius 2 is 0.954 bits per heavy atom. The molecule has 0 N–H and O–H groups in total. The second kappa shape index (κ2) is 18.7. The summed E-state index contributed by atoms with van der Waals surface area (Å²) < 4.78 is 20.9. The molecule has 1 atom stereocenters. The Morgan fingerprint density at radius 1 is 0.483 bits per heavy atom. The van der Waals surface area contributed by atoms with Gasteiger partial charge >= 0.3 is 0 Å². The van der Waals surface area contributed by atoms with Crippen molar-refractivity contribution in [2.24, 2.45) is 10.8 Å². The van der Waals surface area contributed by atoms with Gasteiger partial charge in [0.15, 0.2) is 28.6 Å². The third-order valence-electron chi connectivity index (χ3n) is 20.0. The highest BCUT2D eigenvalue weighted by molar-refractivity contribution is 6.96. The summed E-state index contributed by atoms with van der Waals surface area (Å²) >= 11 is 0. The van der Waals surface area contributed by atoms with Crippen molar-refractivity contribution in [3.63, 3.8) is 0 Å². The fraction of sp³-hybridized carbons (Fsp3) is 0.299. The first-order chi connectivity index (χ1) is 41.9. The molecule has 6 aromatic carbocycles. The predicted molar refractivity (Wildman–Crippen MR) is 365 cm³/mol. The van der Waals surface area contributed by atoms with E-state index in [9.17, 15) is 0 Å². The Kier molecular flexibility index (Phi) is 11.4. The van der Waals surface area contributed by atoms with Crippen molar-refractivity contribution in [2.45, 2.75) is 137 Å². The molecule has 4 aliphatic heterocycles. The topological polar surface area (TPSA) is 58.3 Å². The van der Waals surface area contributed by atoms with Crippen molar-refractivity contribution in [1.29, 1.82) is 0 Å². The van der Waals surface area contributed by atoms with Gasteiger partial charge in [0.1, 0.15) is 30.0 Å². The molecule has 1 unspecified atom stereocenters. The summed E-state index contributed by atoms with van der Waals surface area (Å²) in [5.41, 5.74) is 30.4. The average Bonchev–Trinajstić information content (AvgIpc) is 1.54. The molecule has 0 spiro atoms. The van der Waals surface area contributed by atoms with Crippen LogP contribution >= 0.6 is 0 Å². The van der Waals surface area contributed by atoms with Gasteiger partial charge in [-0.3, -0.25) is 15.0 Å². The maximum atomic E-state index is 8.69. The Balaban J connectivity index is 0.000000107. The quantitative estimate of drug-likeness (QED) is 0.0980. The molecule has 0 bridgehead atoms. The number of benzene rings is 6. The fourth-order valence-electron chi connectivity index (χ4n) is 18.1. The van der Waals surface area contributed by atoms with Gasteiger partial charge in [-0.2, -0.15) is 13.4 Å². The van der Waals surface area contributed by atoms with Crippen LogP contribution in [0.1, 0.15) is 130 Å². The van der Waals surface area contributed by atoms with E-state index in [4.69, 9.17) is 16.3 Å². The van der Waals surface area contributed by atoms with Crippen LogP contribution in [0.4, 0.5) is 5.69 Å². The van der Waals surface area contributed by atoms with Crippen LogP contribution in [0, 0.1) is 10.8 Å². The minimum Gasteiger partial charge on any atom is -0.255 e. The molecular weight excluding hydrogens is 1090 g/mol. The lowest BCUT2D eigenvalue weighted by molar-refractivity contribution is -0.631. The van der Waals surface area contributed by atoms with E-state index in [1.807, 2.05) is 32.4 Å². The van der Waals surface area contributed by atoms with Crippen LogP contribution in [0.25, 0.3) is 88.2 Å². The maximum absolute atomic E-state index is 8.69. The summed E-state index contributed by atoms with van der Waals surface area (Å²) in [5.74, 6) is 0.0441. The molecule has 8 nitrogen and oxygen atoms in total. The molecule has 13 aromatic rings. The summed E-state index contributed by atoms with van der Waals surface area (Å²) in [5, 5.41) is 5.67. The summed E-state index contributed by atoms with van der Waals surface area (Å²) in [4.78, 5) is 14.9. The van der Waals surface area contributed by atoms with Crippen molar-refractivity contribution < 1.29 is 15.1 Å². The Bertz CT molecular complexity index is 5220. The van der Waals surface area contributed by atoms with Crippen molar-refractivity contribution in [3.05, 3.63) is 214 Å². The molecule has 0 amide bonds. The van der Waals surface area contributed by atoms with E-state index < -0.39 is 22.0 Å². The zero-order chi connectivity index (χ0) is 61.0. The highest BCUT2D eigenvalue weighted by Gasteiger charge is 2.52. The second-order valence-corrected chi connectivity index (χ2v) is 41.3.